The van der Waals surface area contributed by atoms with Gasteiger partial charge >= 0.3 is 5.97 Å². The van der Waals surface area contributed by atoms with Gasteiger partial charge in [0.25, 0.3) is 5.69 Å². The number of aromatic amines is 1. The van der Waals surface area contributed by atoms with Gasteiger partial charge in [0, 0.05) is 12.1 Å². The Morgan fingerprint density at radius 2 is 2.26 bits per heavy atom. The molecule has 1 aromatic heterocycles. The fourth-order valence-electron chi connectivity index (χ4n) is 1.56. The molecule has 1 heterocycles. The van der Waals surface area contributed by atoms with Crippen molar-refractivity contribution in [2.45, 2.75) is 6.92 Å². The Labute approximate surface area is 106 Å². The van der Waals surface area contributed by atoms with Crippen molar-refractivity contribution in [3.8, 4) is 0 Å². The van der Waals surface area contributed by atoms with E-state index in [1.54, 1.807) is 6.92 Å². The van der Waals surface area contributed by atoms with Crippen molar-refractivity contribution in [1.82, 2.24) is 10.2 Å². The average Bonchev–Trinajstić information content (AvgIpc) is 2.39. The zero-order valence-electron chi connectivity index (χ0n) is 9.87. The summed E-state index contributed by atoms with van der Waals surface area (Å²) in [4.78, 5) is 33.5. The molecule has 8 heteroatoms. The third kappa shape index (κ3) is 2.28. The van der Waals surface area contributed by atoms with Crippen LogP contribution < -0.4 is 5.43 Å². The number of hydrogen-bond donors (Lipinski definition) is 1. The lowest BCUT2D eigenvalue weighted by Crippen LogP contribution is -2.21. The highest BCUT2D eigenvalue weighted by Crippen LogP contribution is 2.16. The van der Waals surface area contributed by atoms with Crippen molar-refractivity contribution in [3.05, 3.63) is 44.2 Å². The van der Waals surface area contributed by atoms with E-state index >= 15 is 0 Å². The molecule has 0 aliphatic carbocycles. The molecule has 0 bridgehead atoms. The number of non-ortho nitro benzene ring substituents is 1. The predicted octanol–water partition coefficient (Wildman–Crippen LogP) is 1.01. The SMILES string of the molecule is CCOC(=O)c1n[nH]c2ccc([N+](=O)[O-])cc2c1=O. The van der Waals surface area contributed by atoms with E-state index in [-0.39, 0.29) is 17.7 Å². The topological polar surface area (TPSA) is 115 Å². The van der Waals surface area contributed by atoms with Crippen LogP contribution in [0.1, 0.15) is 17.4 Å². The van der Waals surface area contributed by atoms with E-state index in [0.717, 1.165) is 6.07 Å². The molecular weight excluding hydrogens is 254 g/mol. The Kier molecular flexibility index (Phi) is 3.23. The molecule has 0 amide bonds. The molecule has 0 radical (unpaired) electrons. The van der Waals surface area contributed by atoms with Crippen LogP contribution in [0.4, 0.5) is 5.69 Å². The largest absolute Gasteiger partial charge is 0.461 e. The third-order valence-electron chi connectivity index (χ3n) is 2.43. The van der Waals surface area contributed by atoms with E-state index in [2.05, 4.69) is 14.9 Å². The van der Waals surface area contributed by atoms with E-state index < -0.39 is 22.0 Å². The second kappa shape index (κ2) is 4.84. The summed E-state index contributed by atoms with van der Waals surface area (Å²) in [7, 11) is 0. The van der Waals surface area contributed by atoms with Gasteiger partial charge in [-0.1, -0.05) is 0 Å². The Morgan fingerprint density at radius 3 is 2.89 bits per heavy atom. The summed E-state index contributed by atoms with van der Waals surface area (Å²) in [6.07, 6.45) is 0. The minimum absolute atomic E-state index is 0.0206. The quantitative estimate of drug-likeness (QED) is 0.502. The first-order valence-corrected chi connectivity index (χ1v) is 5.38. The molecule has 0 spiro atoms. The molecule has 19 heavy (non-hydrogen) atoms. The van der Waals surface area contributed by atoms with Crippen LogP contribution in [-0.4, -0.2) is 27.7 Å². The van der Waals surface area contributed by atoms with Crippen LogP contribution >= 0.6 is 0 Å². The molecule has 2 rings (SSSR count). The van der Waals surface area contributed by atoms with Crippen LogP contribution in [0.15, 0.2) is 23.0 Å². The first kappa shape index (κ1) is 12.7. The molecule has 0 saturated carbocycles. The number of nitrogens with zero attached hydrogens (tertiary/aromatic N) is 2. The first-order chi connectivity index (χ1) is 9.04. The van der Waals surface area contributed by atoms with Gasteiger partial charge < -0.3 is 4.74 Å². The monoisotopic (exact) mass is 263 g/mol. The summed E-state index contributed by atoms with van der Waals surface area (Å²) in [5, 5.41) is 16.8. The lowest BCUT2D eigenvalue weighted by Gasteiger charge is -2.02. The fourth-order valence-corrected chi connectivity index (χ4v) is 1.56. The van der Waals surface area contributed by atoms with Gasteiger partial charge in [0.15, 0.2) is 0 Å². The van der Waals surface area contributed by atoms with Gasteiger partial charge in [-0.3, -0.25) is 20.0 Å². The van der Waals surface area contributed by atoms with Crippen molar-refractivity contribution in [1.29, 1.82) is 0 Å². The van der Waals surface area contributed by atoms with Crippen molar-refractivity contribution in [2.75, 3.05) is 6.61 Å². The summed E-state index contributed by atoms with van der Waals surface area (Å²) in [5.41, 5.74) is -1.05. The van der Waals surface area contributed by atoms with Crippen LogP contribution in [0.3, 0.4) is 0 Å². The van der Waals surface area contributed by atoms with E-state index in [1.165, 1.54) is 12.1 Å². The van der Waals surface area contributed by atoms with Crippen LogP contribution in [-0.2, 0) is 4.74 Å². The lowest BCUT2D eigenvalue weighted by atomic mass is 10.2. The predicted molar refractivity (Wildman–Crippen MR) is 65.0 cm³/mol. The number of nitrogens with one attached hydrogen (secondary N) is 1. The van der Waals surface area contributed by atoms with Gasteiger partial charge in [0.2, 0.25) is 11.1 Å². The highest BCUT2D eigenvalue weighted by Gasteiger charge is 2.17. The fraction of sp³-hybridized carbons (Fsp3) is 0.182. The lowest BCUT2D eigenvalue weighted by molar-refractivity contribution is -0.384. The molecule has 0 fully saturated rings. The molecule has 2 aromatic rings. The smallest absolute Gasteiger partial charge is 0.362 e. The Balaban J connectivity index is 2.65. The molecule has 0 unspecified atom stereocenters. The number of rotatable bonds is 3. The molecule has 8 nitrogen and oxygen atoms in total. The van der Waals surface area contributed by atoms with Gasteiger partial charge in [0.1, 0.15) is 0 Å². The standard InChI is InChI=1S/C11H9N3O5/c1-2-19-11(16)9-10(15)7-5-6(14(17)18)3-4-8(7)12-13-9/h3-5H,2H2,1H3,(H,12,15). The maximum atomic E-state index is 12.0. The number of carbonyl (C=O) groups is 1. The number of ether oxygens (including phenoxy) is 1. The van der Waals surface area contributed by atoms with Crippen LogP contribution in [0.25, 0.3) is 10.9 Å². The molecule has 0 aliphatic rings. The minimum atomic E-state index is -0.864. The summed E-state index contributed by atoms with van der Waals surface area (Å²) < 4.78 is 4.68. The summed E-state index contributed by atoms with van der Waals surface area (Å²) in [6, 6.07) is 3.69. The Morgan fingerprint density at radius 1 is 1.53 bits per heavy atom. The second-order valence-electron chi connectivity index (χ2n) is 3.61. The Hall–Kier alpha value is -2.77. The van der Waals surface area contributed by atoms with Crippen LogP contribution in [0, 0.1) is 10.1 Å². The second-order valence-corrected chi connectivity index (χ2v) is 3.61. The van der Waals surface area contributed by atoms with Crippen molar-refractivity contribution in [3.63, 3.8) is 0 Å². The summed E-state index contributed by atoms with van der Waals surface area (Å²) >= 11 is 0. The molecule has 98 valence electrons. The van der Waals surface area contributed by atoms with Crippen LogP contribution in [0.2, 0.25) is 0 Å². The number of fused-ring (bicyclic) bond motifs is 1. The van der Waals surface area contributed by atoms with Crippen LogP contribution in [0.5, 0.6) is 0 Å². The molecule has 1 aromatic carbocycles. The van der Waals surface area contributed by atoms with Crippen molar-refractivity contribution < 1.29 is 14.5 Å². The van der Waals surface area contributed by atoms with Crippen molar-refractivity contribution >= 4 is 22.6 Å². The number of nitro groups is 1. The van der Waals surface area contributed by atoms with Gasteiger partial charge in [-0.25, -0.2) is 4.79 Å². The number of esters is 1. The number of nitro benzene ring substituents is 1. The zero-order chi connectivity index (χ0) is 14.0. The molecule has 0 aliphatic heterocycles. The number of carbonyl (C=O) groups excluding carboxylic acids is 1. The highest BCUT2D eigenvalue weighted by atomic mass is 16.6. The van der Waals surface area contributed by atoms with Gasteiger partial charge in [0.05, 0.1) is 22.4 Å². The van der Waals surface area contributed by atoms with Gasteiger partial charge in [-0.2, -0.15) is 5.10 Å². The highest BCUT2D eigenvalue weighted by molar-refractivity contribution is 5.91. The molecule has 0 saturated heterocycles. The number of aromatic nitrogens is 2. The molecular formula is C11H9N3O5. The van der Waals surface area contributed by atoms with E-state index in [0.29, 0.717) is 5.52 Å². The first-order valence-electron chi connectivity index (χ1n) is 5.38. The van der Waals surface area contributed by atoms with Gasteiger partial charge in [-0.15, -0.1) is 0 Å². The maximum absolute atomic E-state index is 12.0. The number of benzene rings is 1. The van der Waals surface area contributed by atoms with Gasteiger partial charge in [-0.05, 0) is 13.0 Å². The maximum Gasteiger partial charge on any atom is 0.362 e. The third-order valence-corrected chi connectivity index (χ3v) is 2.43. The number of H-pyrrole nitrogens is 1. The molecule has 0 atom stereocenters. The number of hydrogen-bond acceptors (Lipinski definition) is 6. The molecule has 1 N–H and O–H groups in total. The average molecular weight is 263 g/mol. The van der Waals surface area contributed by atoms with E-state index in [4.69, 9.17) is 0 Å². The van der Waals surface area contributed by atoms with Crippen molar-refractivity contribution in [2.24, 2.45) is 0 Å². The Bertz CT molecular complexity index is 722. The normalized spacial score (nSPS) is 10.4. The summed E-state index contributed by atoms with van der Waals surface area (Å²) in [6.45, 7) is 1.70. The van der Waals surface area contributed by atoms with E-state index in [1.807, 2.05) is 0 Å². The summed E-state index contributed by atoms with van der Waals surface area (Å²) in [5.74, 6) is -0.864. The zero-order valence-corrected chi connectivity index (χ0v) is 9.87. The minimum Gasteiger partial charge on any atom is -0.461 e. The van der Waals surface area contributed by atoms with E-state index in [9.17, 15) is 19.7 Å².